The van der Waals surface area contributed by atoms with Crippen LogP contribution in [0.25, 0.3) is 0 Å². The molecule has 2 atom stereocenters. The average Bonchev–Trinajstić information content (AvgIpc) is 2.81. The summed E-state index contributed by atoms with van der Waals surface area (Å²) in [6, 6.07) is 5.57. The van der Waals surface area contributed by atoms with E-state index in [1.807, 2.05) is 0 Å². The number of halogens is 3. The van der Waals surface area contributed by atoms with Crippen LogP contribution in [0.4, 0.5) is 4.39 Å². The van der Waals surface area contributed by atoms with Gasteiger partial charge in [0.15, 0.2) is 0 Å². The van der Waals surface area contributed by atoms with E-state index in [0.717, 1.165) is 0 Å². The molecule has 1 amide bonds. The lowest BCUT2D eigenvalue weighted by atomic mass is 10.0. The molecule has 1 N–H and O–H groups in total. The minimum absolute atomic E-state index is 0.321. The highest BCUT2D eigenvalue weighted by Gasteiger charge is 2.68. The summed E-state index contributed by atoms with van der Waals surface area (Å²) in [6.07, 6.45) is 3.70. The molecule has 0 saturated heterocycles. The Morgan fingerprint density at radius 2 is 2.09 bits per heavy atom. The third-order valence-electron chi connectivity index (χ3n) is 4.37. The number of alkyl halides is 2. The van der Waals surface area contributed by atoms with Gasteiger partial charge < -0.3 is 9.88 Å². The maximum atomic E-state index is 14.2. The van der Waals surface area contributed by atoms with Gasteiger partial charge in [-0.25, -0.2) is 9.37 Å². The van der Waals surface area contributed by atoms with Gasteiger partial charge >= 0.3 is 0 Å². The summed E-state index contributed by atoms with van der Waals surface area (Å²) in [5.41, 5.74) is -0.542. The molecule has 4 nitrogen and oxygen atoms in total. The number of hydrogen-bond donors (Lipinski definition) is 1. The van der Waals surface area contributed by atoms with E-state index in [0.29, 0.717) is 17.8 Å². The summed E-state index contributed by atoms with van der Waals surface area (Å²) in [6.45, 7) is 1.69. The van der Waals surface area contributed by atoms with Crippen molar-refractivity contribution in [3.8, 4) is 0 Å². The van der Waals surface area contributed by atoms with Gasteiger partial charge in [-0.05, 0) is 19.4 Å². The van der Waals surface area contributed by atoms with E-state index < -0.39 is 21.6 Å². The lowest BCUT2D eigenvalue weighted by molar-refractivity contribution is -0.126. The molecule has 7 heteroatoms. The summed E-state index contributed by atoms with van der Waals surface area (Å²) in [5.74, 6) is -0.203. The molecule has 0 unspecified atom stereocenters. The van der Waals surface area contributed by atoms with Crippen LogP contribution in [0.2, 0.25) is 0 Å². The van der Waals surface area contributed by atoms with Gasteiger partial charge in [-0.1, -0.05) is 18.2 Å². The second-order valence-electron chi connectivity index (χ2n) is 6.04. The van der Waals surface area contributed by atoms with Gasteiger partial charge in [-0.15, -0.1) is 23.2 Å². The smallest absolute Gasteiger partial charge is 0.229 e. The Kier molecular flexibility index (Phi) is 3.89. The molecule has 23 heavy (non-hydrogen) atoms. The highest BCUT2D eigenvalue weighted by atomic mass is 35.5. The quantitative estimate of drug-likeness (QED) is 0.854. The first-order chi connectivity index (χ1) is 10.8. The summed E-state index contributed by atoms with van der Waals surface area (Å²) >= 11 is 12.1. The first-order valence-electron chi connectivity index (χ1n) is 7.17. The Balaban J connectivity index is 1.96. The number of carbonyl (C=O) groups excluding carboxylic acids is 1. The van der Waals surface area contributed by atoms with E-state index in [1.54, 1.807) is 49.1 Å². The highest BCUT2D eigenvalue weighted by Crippen LogP contribution is 2.64. The number of imidazole rings is 1. The van der Waals surface area contributed by atoms with E-state index in [4.69, 9.17) is 23.2 Å². The Morgan fingerprint density at radius 1 is 1.43 bits per heavy atom. The minimum Gasteiger partial charge on any atom is -0.341 e. The van der Waals surface area contributed by atoms with Crippen LogP contribution in [0.5, 0.6) is 0 Å². The molecule has 0 aliphatic heterocycles. The van der Waals surface area contributed by atoms with E-state index in [9.17, 15) is 9.18 Å². The van der Waals surface area contributed by atoms with Gasteiger partial charge in [0.2, 0.25) is 5.91 Å². The largest absolute Gasteiger partial charge is 0.341 e. The Bertz CT molecular complexity index is 761. The summed E-state index contributed by atoms with van der Waals surface area (Å²) < 4.78 is 14.9. The number of carbonyl (C=O) groups is 1. The van der Waals surface area contributed by atoms with E-state index in [1.165, 1.54) is 6.07 Å². The number of nitrogens with one attached hydrogen (secondary N) is 1. The van der Waals surface area contributed by atoms with E-state index in [2.05, 4.69) is 10.3 Å². The molecule has 0 bridgehead atoms. The third kappa shape index (κ3) is 2.72. The van der Waals surface area contributed by atoms with Crippen molar-refractivity contribution in [3.05, 3.63) is 53.9 Å². The van der Waals surface area contributed by atoms with Crippen molar-refractivity contribution in [3.63, 3.8) is 0 Å². The van der Waals surface area contributed by atoms with Gasteiger partial charge in [0.05, 0.1) is 5.41 Å². The van der Waals surface area contributed by atoms with Crippen molar-refractivity contribution in [2.24, 2.45) is 12.5 Å². The zero-order valence-electron chi connectivity index (χ0n) is 12.7. The van der Waals surface area contributed by atoms with Crippen LogP contribution in [-0.4, -0.2) is 19.8 Å². The summed E-state index contributed by atoms with van der Waals surface area (Å²) in [4.78, 5) is 16.8. The molecular formula is C16H16Cl2FN3O. The second-order valence-corrected chi connectivity index (χ2v) is 7.52. The van der Waals surface area contributed by atoms with Crippen LogP contribution in [-0.2, 0) is 11.8 Å². The number of benzene rings is 1. The van der Waals surface area contributed by atoms with Gasteiger partial charge in [-0.3, -0.25) is 4.79 Å². The zero-order valence-corrected chi connectivity index (χ0v) is 14.2. The Labute approximate surface area is 143 Å². The molecule has 1 saturated carbocycles. The number of aromatic nitrogens is 2. The molecule has 1 aliphatic carbocycles. The Morgan fingerprint density at radius 3 is 2.61 bits per heavy atom. The summed E-state index contributed by atoms with van der Waals surface area (Å²) in [7, 11) is 1.79. The van der Waals surface area contributed by atoms with Crippen molar-refractivity contribution < 1.29 is 9.18 Å². The predicted molar refractivity (Wildman–Crippen MR) is 86.8 cm³/mol. The van der Waals surface area contributed by atoms with Crippen LogP contribution in [0.15, 0.2) is 36.7 Å². The standard InChI is InChI=1S/C16H16Cl2FN3O/c1-15(9-16(15,17)18)14(23)21-12(13-20-7-8-22(13)2)10-5-3-4-6-11(10)19/h3-8,12H,9H2,1-2H3,(H,21,23)/t12-,15+/m1/s1. The molecule has 0 radical (unpaired) electrons. The van der Waals surface area contributed by atoms with Gasteiger partial charge in [0.1, 0.15) is 22.0 Å². The van der Waals surface area contributed by atoms with E-state index >= 15 is 0 Å². The maximum Gasteiger partial charge on any atom is 0.229 e. The molecule has 122 valence electrons. The number of hydrogen-bond acceptors (Lipinski definition) is 2. The van der Waals surface area contributed by atoms with E-state index in [-0.39, 0.29) is 5.91 Å². The Hall–Kier alpha value is -1.59. The molecule has 1 aromatic carbocycles. The molecular weight excluding hydrogens is 340 g/mol. The van der Waals surface area contributed by atoms with Crippen molar-refractivity contribution in [1.29, 1.82) is 0 Å². The van der Waals surface area contributed by atoms with Crippen molar-refractivity contribution in [2.75, 3.05) is 0 Å². The number of amides is 1. The molecule has 0 spiro atoms. The lowest BCUT2D eigenvalue weighted by Gasteiger charge is -2.22. The minimum atomic E-state index is -1.08. The first-order valence-corrected chi connectivity index (χ1v) is 7.92. The van der Waals surface area contributed by atoms with Crippen LogP contribution < -0.4 is 5.32 Å². The fraction of sp³-hybridized carbons (Fsp3) is 0.375. The predicted octanol–water partition coefficient (Wildman–Crippen LogP) is 3.35. The van der Waals surface area contributed by atoms with Crippen molar-refractivity contribution in [1.82, 2.24) is 14.9 Å². The number of nitrogens with zero attached hydrogens (tertiary/aromatic N) is 2. The summed E-state index contributed by atoms with van der Waals surface area (Å²) in [5, 5.41) is 2.84. The molecule has 1 fully saturated rings. The lowest BCUT2D eigenvalue weighted by Crippen LogP contribution is -2.38. The fourth-order valence-electron chi connectivity index (χ4n) is 2.58. The SMILES string of the molecule is Cn1ccnc1[C@H](NC(=O)[C@]1(C)CC1(Cl)Cl)c1ccccc1F. The van der Waals surface area contributed by atoms with Gasteiger partial charge in [0.25, 0.3) is 0 Å². The van der Waals surface area contributed by atoms with Crippen LogP contribution in [0, 0.1) is 11.2 Å². The maximum absolute atomic E-state index is 14.2. The molecule has 1 aromatic heterocycles. The highest BCUT2D eigenvalue weighted by molar-refractivity contribution is 6.53. The van der Waals surface area contributed by atoms with Gasteiger partial charge in [0, 0.05) is 25.0 Å². The fourth-order valence-corrected chi connectivity index (χ4v) is 3.29. The monoisotopic (exact) mass is 355 g/mol. The molecule has 2 aromatic rings. The van der Waals surface area contributed by atoms with Crippen LogP contribution in [0.3, 0.4) is 0 Å². The first kappa shape index (κ1) is 16.3. The third-order valence-corrected chi connectivity index (χ3v) is 5.47. The second kappa shape index (κ2) is 5.49. The normalized spacial score (nSPS) is 23.3. The topological polar surface area (TPSA) is 46.9 Å². The average molecular weight is 356 g/mol. The van der Waals surface area contributed by atoms with Crippen molar-refractivity contribution >= 4 is 29.1 Å². The number of aryl methyl sites for hydroxylation is 1. The zero-order chi connectivity index (χ0) is 16.8. The number of rotatable bonds is 4. The van der Waals surface area contributed by atoms with Crippen LogP contribution in [0.1, 0.15) is 30.8 Å². The van der Waals surface area contributed by atoms with Crippen LogP contribution >= 0.6 is 23.2 Å². The molecule has 3 rings (SSSR count). The molecule has 1 aliphatic rings. The van der Waals surface area contributed by atoms with Gasteiger partial charge in [-0.2, -0.15) is 0 Å². The molecule has 1 heterocycles. The van der Waals surface area contributed by atoms with Crippen molar-refractivity contribution in [2.45, 2.75) is 23.7 Å².